The van der Waals surface area contributed by atoms with E-state index >= 15 is 0 Å². The van der Waals surface area contributed by atoms with Crippen molar-refractivity contribution in [3.8, 4) is 0 Å². The van der Waals surface area contributed by atoms with E-state index in [0.29, 0.717) is 28.9 Å². The zero-order valence-corrected chi connectivity index (χ0v) is 11.7. The summed E-state index contributed by atoms with van der Waals surface area (Å²) in [5, 5.41) is 13.0. The number of urea groups is 2. The van der Waals surface area contributed by atoms with Crippen molar-refractivity contribution < 1.29 is 14.3 Å². The maximum Gasteiger partial charge on any atom is 0.381 e. The molecule has 1 aliphatic heterocycles. The molecule has 1 fully saturated rings. The first-order valence-corrected chi connectivity index (χ1v) is 6.41. The summed E-state index contributed by atoms with van der Waals surface area (Å²) in [5.41, 5.74) is 10.1. The van der Waals surface area contributed by atoms with E-state index in [-0.39, 0.29) is 10.5 Å². The fourth-order valence-corrected chi connectivity index (χ4v) is 2.10. The van der Waals surface area contributed by atoms with Gasteiger partial charge < -0.3 is 21.6 Å². The molecular formula is C10H17N9O3. The van der Waals surface area contributed by atoms with Gasteiger partial charge in [-0.2, -0.15) is 10.9 Å². The van der Waals surface area contributed by atoms with Gasteiger partial charge in [0.25, 0.3) is 0 Å². The molecule has 0 radical (unpaired) electrons. The second kappa shape index (κ2) is 5.87. The molecule has 0 bridgehead atoms. The first-order chi connectivity index (χ1) is 10.3. The monoisotopic (exact) mass is 311 g/mol. The minimum absolute atomic E-state index is 0.106. The van der Waals surface area contributed by atoms with Gasteiger partial charge in [0.1, 0.15) is 0 Å². The van der Waals surface area contributed by atoms with E-state index in [0.717, 1.165) is 12.8 Å². The third kappa shape index (κ3) is 2.77. The number of carbonyl (C=O) groups is 2. The van der Waals surface area contributed by atoms with Gasteiger partial charge in [-0.3, -0.25) is 0 Å². The number of rotatable bonds is 3. The van der Waals surface area contributed by atoms with E-state index in [4.69, 9.17) is 23.2 Å². The van der Waals surface area contributed by atoms with Crippen LogP contribution in [0, 0.1) is 5.21 Å². The summed E-state index contributed by atoms with van der Waals surface area (Å²) in [6, 6.07) is -0.859. The summed E-state index contributed by atoms with van der Waals surface area (Å²) >= 11 is 0. The van der Waals surface area contributed by atoms with Gasteiger partial charge >= 0.3 is 18.0 Å². The molecule has 0 atom stereocenters. The summed E-state index contributed by atoms with van der Waals surface area (Å²) in [4.78, 5) is 28.3. The van der Waals surface area contributed by atoms with Crippen molar-refractivity contribution in [1.82, 2.24) is 4.98 Å². The topological polar surface area (TPSA) is 188 Å². The SMILES string of the molecule is NC(=O)N(N)c1cc(N2CCCC2)nc(N(N)C(N)=O)[n+]1[O-]. The van der Waals surface area contributed by atoms with E-state index in [1.165, 1.54) is 6.07 Å². The number of nitrogens with two attached hydrogens (primary N) is 4. The zero-order chi connectivity index (χ0) is 16.4. The zero-order valence-electron chi connectivity index (χ0n) is 11.7. The number of nitrogens with zero attached hydrogens (tertiary/aromatic N) is 5. The molecule has 0 aromatic carbocycles. The predicted molar refractivity (Wildman–Crippen MR) is 77.1 cm³/mol. The Balaban J connectivity index is 2.56. The highest BCUT2D eigenvalue weighted by atomic mass is 16.5. The Morgan fingerprint density at radius 3 is 2.23 bits per heavy atom. The van der Waals surface area contributed by atoms with Crippen molar-refractivity contribution >= 4 is 29.6 Å². The van der Waals surface area contributed by atoms with Crippen molar-refractivity contribution in [1.29, 1.82) is 0 Å². The minimum Gasteiger partial charge on any atom is -0.754 e. The van der Waals surface area contributed by atoms with Gasteiger partial charge in [-0.1, -0.05) is 4.98 Å². The van der Waals surface area contributed by atoms with Gasteiger partial charge in [0.2, 0.25) is 5.82 Å². The molecule has 4 amide bonds. The number of hydrogen-bond donors (Lipinski definition) is 4. The highest BCUT2D eigenvalue weighted by molar-refractivity contribution is 5.89. The van der Waals surface area contributed by atoms with Crippen LogP contribution in [0.3, 0.4) is 0 Å². The van der Waals surface area contributed by atoms with Gasteiger partial charge in [-0.25, -0.2) is 20.2 Å². The van der Waals surface area contributed by atoms with Crippen LogP contribution >= 0.6 is 0 Å². The second-order valence-corrected chi connectivity index (χ2v) is 4.68. The van der Waals surface area contributed by atoms with Crippen LogP contribution in [0.2, 0.25) is 0 Å². The number of amides is 4. The molecule has 2 rings (SSSR count). The Morgan fingerprint density at radius 1 is 1.18 bits per heavy atom. The molecule has 2 heterocycles. The van der Waals surface area contributed by atoms with E-state index < -0.39 is 18.0 Å². The van der Waals surface area contributed by atoms with Gasteiger partial charge in [-0.05, 0) is 12.8 Å². The molecule has 120 valence electrons. The van der Waals surface area contributed by atoms with Crippen LogP contribution in [0.25, 0.3) is 0 Å². The average Bonchev–Trinajstić information content (AvgIpc) is 3.00. The normalized spacial score (nSPS) is 14.0. The fraction of sp³-hybridized carbons (Fsp3) is 0.400. The van der Waals surface area contributed by atoms with Crippen LogP contribution in [0.4, 0.5) is 27.2 Å². The van der Waals surface area contributed by atoms with Crippen LogP contribution < -0.4 is 42.8 Å². The largest absolute Gasteiger partial charge is 0.754 e. The molecule has 1 aromatic rings. The highest BCUT2D eigenvalue weighted by Crippen LogP contribution is 2.22. The van der Waals surface area contributed by atoms with Gasteiger partial charge in [0.05, 0.1) is 6.07 Å². The lowest BCUT2D eigenvalue weighted by Crippen LogP contribution is -2.54. The number of primary amides is 2. The Bertz CT molecular complexity index is 560. The van der Waals surface area contributed by atoms with Gasteiger partial charge in [0, 0.05) is 13.1 Å². The first kappa shape index (κ1) is 15.5. The summed E-state index contributed by atoms with van der Waals surface area (Å²) in [7, 11) is 0. The van der Waals surface area contributed by atoms with Gasteiger partial charge in [0.15, 0.2) is 5.82 Å². The van der Waals surface area contributed by atoms with Crippen LogP contribution in [0.1, 0.15) is 12.8 Å². The number of carbonyl (C=O) groups excluding carboxylic acids is 2. The van der Waals surface area contributed by atoms with Crippen molar-refractivity contribution in [2.75, 3.05) is 28.0 Å². The molecule has 0 aliphatic carbocycles. The van der Waals surface area contributed by atoms with E-state index in [1.807, 2.05) is 4.90 Å². The lowest BCUT2D eigenvalue weighted by atomic mass is 10.4. The van der Waals surface area contributed by atoms with E-state index in [1.54, 1.807) is 0 Å². The van der Waals surface area contributed by atoms with Crippen molar-refractivity contribution in [2.24, 2.45) is 23.2 Å². The maximum absolute atomic E-state index is 12.2. The maximum atomic E-state index is 12.2. The van der Waals surface area contributed by atoms with Gasteiger partial charge in [-0.15, -0.1) is 5.01 Å². The molecule has 1 aliphatic rings. The smallest absolute Gasteiger partial charge is 0.381 e. The molecular weight excluding hydrogens is 294 g/mol. The summed E-state index contributed by atoms with van der Waals surface area (Å²) in [5.74, 6) is 10.4. The minimum atomic E-state index is -1.09. The molecule has 22 heavy (non-hydrogen) atoms. The lowest BCUT2D eigenvalue weighted by Gasteiger charge is -2.23. The highest BCUT2D eigenvalue weighted by Gasteiger charge is 2.28. The second-order valence-electron chi connectivity index (χ2n) is 4.68. The quantitative estimate of drug-likeness (QED) is 0.160. The molecule has 0 unspecified atom stereocenters. The third-order valence-corrected chi connectivity index (χ3v) is 3.23. The number of aromatic nitrogens is 2. The lowest BCUT2D eigenvalue weighted by molar-refractivity contribution is -0.581. The molecule has 1 saturated heterocycles. The van der Waals surface area contributed by atoms with Crippen molar-refractivity contribution in [2.45, 2.75) is 12.8 Å². The van der Waals surface area contributed by atoms with Crippen LogP contribution in [-0.2, 0) is 0 Å². The third-order valence-electron chi connectivity index (χ3n) is 3.23. The summed E-state index contributed by atoms with van der Waals surface area (Å²) < 4.78 is 0.106. The van der Waals surface area contributed by atoms with E-state index in [9.17, 15) is 14.8 Å². The van der Waals surface area contributed by atoms with Crippen LogP contribution in [0.15, 0.2) is 6.07 Å². The van der Waals surface area contributed by atoms with Crippen molar-refractivity contribution in [3.63, 3.8) is 0 Å². The standard InChI is InChI=1S/C10H17N9O3/c11-8(20)17(13)7-5-6(16-3-1-2-4-16)15-10(19(7)22)18(14)9(12)21/h5H,1-4,13-14H2,(H2,11,20)(H2,12,21). The van der Waals surface area contributed by atoms with E-state index in [2.05, 4.69) is 4.98 Å². The Morgan fingerprint density at radius 2 is 1.73 bits per heavy atom. The summed E-state index contributed by atoms with van der Waals surface area (Å²) in [6.45, 7) is 1.41. The number of anilines is 3. The molecule has 0 saturated carbocycles. The Kier molecular flexibility index (Phi) is 4.14. The average molecular weight is 311 g/mol. The van der Waals surface area contributed by atoms with Crippen LogP contribution in [0.5, 0.6) is 0 Å². The van der Waals surface area contributed by atoms with Crippen LogP contribution in [-0.4, -0.2) is 30.1 Å². The fourth-order valence-electron chi connectivity index (χ4n) is 2.10. The predicted octanol–water partition coefficient (Wildman–Crippen LogP) is -2.17. The molecule has 12 nitrogen and oxygen atoms in total. The number of hydrazine groups is 2. The first-order valence-electron chi connectivity index (χ1n) is 6.41. The Labute approximate surface area is 125 Å². The molecule has 8 N–H and O–H groups in total. The molecule has 12 heteroatoms. The molecule has 0 spiro atoms. The number of hydrogen-bond acceptors (Lipinski definition) is 7. The summed E-state index contributed by atoms with van der Waals surface area (Å²) in [6.07, 6.45) is 1.89. The molecule has 1 aromatic heterocycles. The van der Waals surface area contributed by atoms with Crippen molar-refractivity contribution in [3.05, 3.63) is 11.3 Å². The Hall–Kier alpha value is -2.86.